The highest BCUT2D eigenvalue weighted by atomic mass is 32.2. The van der Waals surface area contributed by atoms with E-state index in [1.54, 1.807) is 30.3 Å². The fourth-order valence-corrected chi connectivity index (χ4v) is 3.90. The number of carbonyl (C=O) groups excluding carboxylic acids is 1. The Morgan fingerprint density at radius 2 is 1.57 bits per heavy atom. The lowest BCUT2D eigenvalue weighted by Crippen LogP contribution is -2.21. The topological polar surface area (TPSA) is 112 Å². The molecule has 1 amide bonds. The van der Waals surface area contributed by atoms with Crippen molar-refractivity contribution in [2.45, 2.75) is 11.3 Å². The van der Waals surface area contributed by atoms with Crippen molar-refractivity contribution in [3.05, 3.63) is 54.5 Å². The molecule has 0 atom stereocenters. The first kappa shape index (κ1) is 19.9. The van der Waals surface area contributed by atoms with E-state index in [1.165, 1.54) is 18.4 Å². The highest BCUT2D eigenvalue weighted by Crippen LogP contribution is 2.32. The maximum absolute atomic E-state index is 12.7. The van der Waals surface area contributed by atoms with Gasteiger partial charge in [0.05, 0.1) is 18.1 Å². The van der Waals surface area contributed by atoms with Crippen LogP contribution in [0.25, 0.3) is 0 Å². The SMILES string of the molecule is O=C(Nc1ccc(NS(=O)(=O)c2ccc3c(c2)OCCCO3)cc1)C1=COCCO1. The number of sulfonamides is 1. The number of hydrogen-bond acceptors (Lipinski definition) is 7. The minimum Gasteiger partial charge on any atom is -0.494 e. The second-order valence-electron chi connectivity index (χ2n) is 6.50. The molecule has 0 spiro atoms. The van der Waals surface area contributed by atoms with Crippen molar-refractivity contribution in [3.8, 4) is 11.5 Å². The van der Waals surface area contributed by atoms with Crippen LogP contribution in [0, 0.1) is 0 Å². The summed E-state index contributed by atoms with van der Waals surface area (Å²) in [5, 5.41) is 2.65. The Bertz CT molecular complexity index is 1070. The third-order valence-corrected chi connectivity index (χ3v) is 5.68. The standard InChI is InChI=1S/C20H20N2O7S/c23-20(19-13-26-10-11-29-19)21-14-2-4-15(5-3-14)22-30(24,25)16-6-7-17-18(12-16)28-9-1-8-27-17/h2-7,12-13,22H,1,8-11H2,(H,21,23). The fraction of sp³-hybridized carbons (Fsp3) is 0.250. The highest BCUT2D eigenvalue weighted by Gasteiger charge is 2.19. The van der Waals surface area contributed by atoms with Crippen LogP contribution < -0.4 is 19.5 Å². The van der Waals surface area contributed by atoms with Gasteiger partial charge >= 0.3 is 0 Å². The van der Waals surface area contributed by atoms with Gasteiger partial charge in [0.1, 0.15) is 19.5 Å². The molecule has 0 saturated heterocycles. The molecule has 2 aromatic carbocycles. The molecule has 30 heavy (non-hydrogen) atoms. The fourth-order valence-electron chi connectivity index (χ4n) is 2.83. The van der Waals surface area contributed by atoms with Crippen LogP contribution >= 0.6 is 0 Å². The number of benzene rings is 2. The molecule has 4 rings (SSSR count). The number of rotatable bonds is 5. The van der Waals surface area contributed by atoms with Crippen LogP contribution in [0.4, 0.5) is 11.4 Å². The summed E-state index contributed by atoms with van der Waals surface area (Å²) in [6.07, 6.45) is 1.99. The van der Waals surface area contributed by atoms with Crippen LogP contribution in [0.2, 0.25) is 0 Å². The van der Waals surface area contributed by atoms with E-state index in [0.717, 1.165) is 6.42 Å². The molecule has 2 aliphatic rings. The van der Waals surface area contributed by atoms with E-state index in [1.807, 2.05) is 0 Å². The smallest absolute Gasteiger partial charge is 0.294 e. The molecule has 9 nitrogen and oxygen atoms in total. The first-order valence-electron chi connectivity index (χ1n) is 9.30. The molecule has 2 aromatic rings. The Morgan fingerprint density at radius 3 is 2.30 bits per heavy atom. The largest absolute Gasteiger partial charge is 0.494 e. The van der Waals surface area contributed by atoms with E-state index in [0.29, 0.717) is 49.3 Å². The molecule has 0 bridgehead atoms. The lowest BCUT2D eigenvalue weighted by atomic mass is 10.3. The monoisotopic (exact) mass is 432 g/mol. The minimum atomic E-state index is -3.83. The summed E-state index contributed by atoms with van der Waals surface area (Å²) in [7, 11) is -3.83. The highest BCUT2D eigenvalue weighted by molar-refractivity contribution is 7.92. The first-order valence-corrected chi connectivity index (χ1v) is 10.8. The zero-order chi connectivity index (χ0) is 21.0. The summed E-state index contributed by atoms with van der Waals surface area (Å²) < 4.78 is 49.3. The van der Waals surface area contributed by atoms with Gasteiger partial charge in [-0.2, -0.15) is 0 Å². The van der Waals surface area contributed by atoms with Gasteiger partial charge in [0, 0.05) is 23.9 Å². The van der Waals surface area contributed by atoms with E-state index >= 15 is 0 Å². The summed E-state index contributed by atoms with van der Waals surface area (Å²) in [5.74, 6) is 0.557. The molecule has 0 unspecified atom stereocenters. The molecule has 0 aliphatic carbocycles. The number of anilines is 2. The van der Waals surface area contributed by atoms with Crippen molar-refractivity contribution in [2.24, 2.45) is 0 Å². The zero-order valence-electron chi connectivity index (χ0n) is 15.9. The Morgan fingerprint density at radius 1 is 0.833 bits per heavy atom. The van der Waals surface area contributed by atoms with Crippen molar-refractivity contribution >= 4 is 27.3 Å². The maximum atomic E-state index is 12.7. The van der Waals surface area contributed by atoms with E-state index in [4.69, 9.17) is 18.9 Å². The lowest BCUT2D eigenvalue weighted by Gasteiger charge is -2.15. The summed E-state index contributed by atoms with van der Waals surface area (Å²) in [6, 6.07) is 10.7. The van der Waals surface area contributed by atoms with Gasteiger partial charge in [0.25, 0.3) is 15.9 Å². The number of ether oxygens (including phenoxy) is 4. The van der Waals surface area contributed by atoms with Crippen molar-refractivity contribution in [3.63, 3.8) is 0 Å². The van der Waals surface area contributed by atoms with Crippen LogP contribution in [-0.2, 0) is 24.3 Å². The molecule has 2 N–H and O–H groups in total. The normalized spacial score (nSPS) is 15.7. The van der Waals surface area contributed by atoms with Crippen molar-refractivity contribution in [1.82, 2.24) is 0 Å². The predicted molar refractivity (Wildman–Crippen MR) is 108 cm³/mol. The molecular weight excluding hydrogens is 412 g/mol. The van der Waals surface area contributed by atoms with Crippen molar-refractivity contribution < 1.29 is 32.2 Å². The molecule has 158 valence electrons. The number of fused-ring (bicyclic) bond motifs is 1. The van der Waals surface area contributed by atoms with E-state index in [9.17, 15) is 13.2 Å². The molecule has 0 radical (unpaired) electrons. The minimum absolute atomic E-state index is 0.0607. The van der Waals surface area contributed by atoms with Gasteiger partial charge < -0.3 is 24.3 Å². The van der Waals surface area contributed by atoms with Gasteiger partial charge in [-0.25, -0.2) is 8.42 Å². The predicted octanol–water partition coefficient (Wildman–Crippen LogP) is 2.48. The molecular formula is C20H20N2O7S. The average molecular weight is 432 g/mol. The Labute approximate surface area is 173 Å². The van der Waals surface area contributed by atoms with Gasteiger partial charge in [-0.3, -0.25) is 9.52 Å². The summed E-state index contributed by atoms with van der Waals surface area (Å²) >= 11 is 0. The number of hydrogen-bond donors (Lipinski definition) is 2. The molecule has 10 heteroatoms. The average Bonchev–Trinajstić information content (AvgIpc) is 3.00. The quantitative estimate of drug-likeness (QED) is 0.746. The van der Waals surface area contributed by atoms with Crippen LogP contribution in [0.5, 0.6) is 11.5 Å². The Hall–Kier alpha value is -3.40. The van der Waals surface area contributed by atoms with Gasteiger partial charge in [0.2, 0.25) is 5.76 Å². The van der Waals surface area contributed by atoms with Crippen LogP contribution in [0.1, 0.15) is 6.42 Å². The Balaban J connectivity index is 1.44. The molecule has 2 heterocycles. The Kier molecular flexibility index (Phi) is 5.66. The van der Waals surface area contributed by atoms with E-state index in [-0.39, 0.29) is 10.7 Å². The third kappa shape index (κ3) is 4.60. The zero-order valence-corrected chi connectivity index (χ0v) is 16.7. The second kappa shape index (κ2) is 8.54. The number of carbonyl (C=O) groups is 1. The first-order chi connectivity index (χ1) is 14.5. The molecule has 0 saturated carbocycles. The van der Waals surface area contributed by atoms with Gasteiger partial charge in [-0.05, 0) is 36.4 Å². The van der Waals surface area contributed by atoms with Gasteiger partial charge in [0.15, 0.2) is 11.5 Å². The number of nitrogens with one attached hydrogen (secondary N) is 2. The molecule has 0 fully saturated rings. The lowest BCUT2D eigenvalue weighted by molar-refractivity contribution is -0.117. The van der Waals surface area contributed by atoms with Gasteiger partial charge in [-0.15, -0.1) is 0 Å². The van der Waals surface area contributed by atoms with Crippen LogP contribution in [0.15, 0.2) is 59.4 Å². The van der Waals surface area contributed by atoms with Crippen LogP contribution in [-0.4, -0.2) is 40.8 Å². The maximum Gasteiger partial charge on any atom is 0.294 e. The summed E-state index contributed by atoms with van der Waals surface area (Å²) in [4.78, 5) is 12.2. The summed E-state index contributed by atoms with van der Waals surface area (Å²) in [6.45, 7) is 1.69. The molecule has 0 aromatic heterocycles. The van der Waals surface area contributed by atoms with E-state index < -0.39 is 15.9 Å². The van der Waals surface area contributed by atoms with E-state index in [2.05, 4.69) is 10.0 Å². The summed E-state index contributed by atoms with van der Waals surface area (Å²) in [5.41, 5.74) is 0.824. The van der Waals surface area contributed by atoms with Crippen molar-refractivity contribution in [1.29, 1.82) is 0 Å². The second-order valence-corrected chi connectivity index (χ2v) is 8.18. The van der Waals surface area contributed by atoms with Crippen LogP contribution in [0.3, 0.4) is 0 Å². The van der Waals surface area contributed by atoms with Crippen molar-refractivity contribution in [2.75, 3.05) is 36.5 Å². The van der Waals surface area contributed by atoms with Gasteiger partial charge in [-0.1, -0.05) is 0 Å². The number of amides is 1. The third-order valence-electron chi connectivity index (χ3n) is 4.30. The molecule has 2 aliphatic heterocycles.